The molecule has 8 rings (SSSR count). The smallest absolute Gasteiger partial charge is 0.120 e. The zero-order valence-corrected chi connectivity index (χ0v) is 33.7. The Morgan fingerprint density at radius 2 is 1.38 bits per heavy atom. The van der Waals surface area contributed by atoms with Crippen molar-refractivity contribution in [3.63, 3.8) is 0 Å². The van der Waals surface area contributed by atoms with Gasteiger partial charge in [0, 0.05) is 37.9 Å². The van der Waals surface area contributed by atoms with E-state index in [-0.39, 0.29) is 20.1 Å². The van der Waals surface area contributed by atoms with Crippen molar-refractivity contribution < 1.29 is 24.5 Å². The van der Waals surface area contributed by atoms with Crippen LogP contribution in [0, 0.1) is 18.1 Å². The molecule has 5 heteroatoms. The third-order valence-corrected chi connectivity index (χ3v) is 11.1. The van der Waals surface area contributed by atoms with Gasteiger partial charge in [0.25, 0.3) is 0 Å². The van der Waals surface area contributed by atoms with Gasteiger partial charge in [-0.05, 0) is 57.6 Å². The van der Waals surface area contributed by atoms with Gasteiger partial charge in [-0.3, -0.25) is 0 Å². The molecule has 0 saturated carbocycles. The molecule has 3 aromatic heterocycles. The van der Waals surface area contributed by atoms with Crippen LogP contribution in [0.5, 0.6) is 0 Å². The van der Waals surface area contributed by atoms with E-state index in [1.807, 2.05) is 66.9 Å². The summed E-state index contributed by atoms with van der Waals surface area (Å²) in [6, 6.07) is 52.2. The maximum atomic E-state index is 6.37. The number of fused-ring (bicyclic) bond motifs is 3. The Morgan fingerprint density at radius 3 is 2.08 bits per heavy atom. The molecule has 0 spiro atoms. The number of aromatic nitrogens is 2. The van der Waals surface area contributed by atoms with Crippen LogP contribution in [0.15, 0.2) is 150 Å². The molecule has 0 unspecified atom stereocenters. The Labute approximate surface area is 322 Å². The van der Waals surface area contributed by atoms with Crippen molar-refractivity contribution in [3.8, 4) is 44.8 Å². The molecule has 0 amide bonds. The quantitative estimate of drug-likeness (QED) is 0.118. The van der Waals surface area contributed by atoms with E-state index in [1.54, 1.807) is 0 Å². The molecule has 0 saturated heterocycles. The molecule has 5 aromatic carbocycles. The fourth-order valence-electron chi connectivity index (χ4n) is 6.67. The number of hydrogen-bond acceptors (Lipinski definition) is 3. The molecule has 0 atom stereocenters. The number of hydrogen-bond donors (Lipinski definition) is 0. The number of benzene rings is 5. The van der Waals surface area contributed by atoms with Gasteiger partial charge in [0.05, 0.1) is 13.7 Å². The first kappa shape index (κ1) is 36.8. The third-order valence-electron chi connectivity index (χ3n) is 9.07. The molecule has 261 valence electrons. The summed E-state index contributed by atoms with van der Waals surface area (Å²) < 4.78 is 6.37. The van der Waals surface area contributed by atoms with Crippen LogP contribution in [0.25, 0.3) is 66.7 Å². The second-order valence-electron chi connectivity index (χ2n) is 14.4. The molecule has 3 heterocycles. The van der Waals surface area contributed by atoms with Gasteiger partial charge in [-0.2, -0.15) is 0 Å². The van der Waals surface area contributed by atoms with Crippen LogP contribution in [-0.2, 0) is 26.5 Å². The SMILES string of the molecule is CC(C)Cc1cc(-c2[c-]cccc2)ncc1[Si](C)(C)C.[Ir].[c-]1cc(-c2ccccc2)c2c(oc3ccccc32)c1-c1cc(-c2ccccc2)ccn1. The van der Waals surface area contributed by atoms with Crippen molar-refractivity contribution in [2.45, 2.75) is 39.9 Å². The van der Waals surface area contributed by atoms with Crippen LogP contribution in [0.4, 0.5) is 0 Å². The van der Waals surface area contributed by atoms with Crippen molar-refractivity contribution in [2.75, 3.05) is 0 Å². The molecular formula is C47H42IrN2OSi-2. The zero-order chi connectivity index (χ0) is 35.4. The Morgan fingerprint density at radius 1 is 0.692 bits per heavy atom. The maximum Gasteiger partial charge on any atom is 0.120 e. The minimum Gasteiger partial charge on any atom is -0.501 e. The first-order valence-electron chi connectivity index (χ1n) is 17.7. The summed E-state index contributed by atoms with van der Waals surface area (Å²) in [4.78, 5) is 9.35. The predicted octanol–water partition coefficient (Wildman–Crippen LogP) is 12.1. The molecule has 0 aliphatic carbocycles. The Balaban J connectivity index is 0.000000193. The number of rotatable bonds is 7. The van der Waals surface area contributed by atoms with Gasteiger partial charge in [-0.1, -0.05) is 147 Å². The average Bonchev–Trinajstić information content (AvgIpc) is 3.55. The van der Waals surface area contributed by atoms with Crippen LogP contribution >= 0.6 is 0 Å². The van der Waals surface area contributed by atoms with Gasteiger partial charge in [0.2, 0.25) is 0 Å². The summed E-state index contributed by atoms with van der Waals surface area (Å²) in [5, 5.41) is 3.69. The van der Waals surface area contributed by atoms with Gasteiger partial charge < -0.3 is 14.4 Å². The fraction of sp³-hybridized carbons (Fsp3) is 0.149. The van der Waals surface area contributed by atoms with E-state index in [1.165, 1.54) is 10.8 Å². The van der Waals surface area contributed by atoms with Crippen LogP contribution in [0.3, 0.4) is 0 Å². The van der Waals surface area contributed by atoms with Crippen molar-refractivity contribution in [1.29, 1.82) is 0 Å². The van der Waals surface area contributed by atoms with Crippen LogP contribution in [0.1, 0.15) is 19.4 Å². The van der Waals surface area contributed by atoms with E-state index in [9.17, 15) is 0 Å². The standard InChI is InChI=1S/C29H18NO.C18H24NSi.Ir/c1-3-9-20(10-4-1)22-17-18-30-26(19-22)24-16-15-23(21-11-5-2-6-12-21)28-25-13-7-8-14-27(25)31-29(24)28;1-14(2)11-16-12-17(15-9-7-6-8-10-15)19-13-18(16)20(3,4)5;/h1-15,17-19H;6-9,12-14H,11H2,1-5H3;/q2*-1;. The molecule has 52 heavy (non-hydrogen) atoms. The second-order valence-corrected chi connectivity index (χ2v) is 19.4. The molecule has 0 N–H and O–H groups in total. The van der Waals surface area contributed by atoms with Crippen molar-refractivity contribution in [1.82, 2.24) is 9.97 Å². The summed E-state index contributed by atoms with van der Waals surface area (Å²) in [7, 11) is -1.34. The van der Waals surface area contributed by atoms with Crippen LogP contribution < -0.4 is 5.19 Å². The average molecular weight is 871 g/mol. The monoisotopic (exact) mass is 871 g/mol. The van der Waals surface area contributed by atoms with Crippen molar-refractivity contribution >= 4 is 35.2 Å². The summed E-state index contributed by atoms with van der Waals surface area (Å²) in [5.41, 5.74) is 11.6. The first-order chi connectivity index (χ1) is 24.8. The van der Waals surface area contributed by atoms with Gasteiger partial charge in [-0.15, -0.1) is 48.0 Å². The van der Waals surface area contributed by atoms with E-state index >= 15 is 0 Å². The summed E-state index contributed by atoms with van der Waals surface area (Å²) in [6.07, 6.45) is 5.09. The first-order valence-corrected chi connectivity index (χ1v) is 21.2. The predicted molar refractivity (Wildman–Crippen MR) is 217 cm³/mol. The van der Waals surface area contributed by atoms with E-state index in [0.29, 0.717) is 5.92 Å². The van der Waals surface area contributed by atoms with Gasteiger partial charge >= 0.3 is 0 Å². The summed E-state index contributed by atoms with van der Waals surface area (Å²) in [6.45, 7) is 11.7. The Kier molecular flexibility index (Phi) is 11.5. The van der Waals surface area contributed by atoms with Crippen molar-refractivity contribution in [3.05, 3.63) is 164 Å². The summed E-state index contributed by atoms with van der Waals surface area (Å²) in [5.74, 6) is 0.667. The fourth-order valence-corrected chi connectivity index (χ4v) is 8.25. The zero-order valence-electron chi connectivity index (χ0n) is 30.3. The van der Waals surface area contributed by atoms with E-state index in [2.05, 4.69) is 135 Å². The molecule has 1 radical (unpaired) electrons. The number of nitrogens with zero attached hydrogens (tertiary/aromatic N) is 2. The molecule has 8 aromatic rings. The molecule has 0 bridgehead atoms. The normalized spacial score (nSPS) is 11.3. The number of para-hydroxylation sites is 1. The van der Waals surface area contributed by atoms with E-state index in [0.717, 1.165) is 73.1 Å². The molecule has 0 aliphatic heterocycles. The van der Waals surface area contributed by atoms with Crippen molar-refractivity contribution in [2.24, 2.45) is 5.92 Å². The van der Waals surface area contributed by atoms with E-state index < -0.39 is 8.07 Å². The largest absolute Gasteiger partial charge is 0.501 e. The van der Waals surface area contributed by atoms with Gasteiger partial charge in [-0.25, -0.2) is 0 Å². The third kappa shape index (κ3) is 8.08. The minimum absolute atomic E-state index is 0. The second kappa shape index (κ2) is 16.2. The van der Waals surface area contributed by atoms with Gasteiger partial charge in [0.1, 0.15) is 5.58 Å². The van der Waals surface area contributed by atoms with Gasteiger partial charge in [0.15, 0.2) is 0 Å². The van der Waals surface area contributed by atoms with E-state index in [4.69, 9.17) is 4.42 Å². The Hall–Kier alpha value is -4.93. The van der Waals surface area contributed by atoms with Crippen LogP contribution in [-0.4, -0.2) is 18.0 Å². The minimum atomic E-state index is -1.34. The topological polar surface area (TPSA) is 38.9 Å². The molecular weight excluding hydrogens is 829 g/mol. The molecule has 0 aliphatic rings. The molecule has 3 nitrogen and oxygen atoms in total. The molecule has 0 fully saturated rings. The Bertz CT molecular complexity index is 2400. The van der Waals surface area contributed by atoms with Crippen LogP contribution in [0.2, 0.25) is 19.6 Å². The number of furan rings is 1. The maximum absolute atomic E-state index is 6.37. The summed E-state index contributed by atoms with van der Waals surface area (Å²) >= 11 is 0. The number of pyridine rings is 2.